The standard InChI is InChI=1S/C12H15BrN2O2/c1-17-10-3-2-6-15(8-10)12(16)9-4-5-14-11(13)7-9/h4-5,7,10H,2-3,6,8H2,1H3. The van der Waals surface area contributed by atoms with E-state index in [1.54, 1.807) is 25.4 Å². The van der Waals surface area contributed by atoms with Gasteiger partial charge in [-0.2, -0.15) is 0 Å². The number of methoxy groups -OCH3 is 1. The normalized spacial score (nSPS) is 20.4. The number of likely N-dealkylation sites (tertiary alicyclic amines) is 1. The minimum atomic E-state index is 0.0508. The Kier molecular flexibility index (Phi) is 4.12. The monoisotopic (exact) mass is 298 g/mol. The molecule has 1 unspecified atom stereocenters. The third-order valence-corrected chi connectivity index (χ3v) is 3.41. The summed E-state index contributed by atoms with van der Waals surface area (Å²) in [6.07, 6.45) is 3.82. The van der Waals surface area contributed by atoms with E-state index >= 15 is 0 Å². The van der Waals surface area contributed by atoms with E-state index in [1.807, 2.05) is 4.90 Å². The van der Waals surface area contributed by atoms with E-state index in [9.17, 15) is 4.79 Å². The number of carbonyl (C=O) groups is 1. The van der Waals surface area contributed by atoms with E-state index in [4.69, 9.17) is 4.74 Å². The van der Waals surface area contributed by atoms with Crippen LogP contribution in [0.5, 0.6) is 0 Å². The van der Waals surface area contributed by atoms with Crippen molar-refractivity contribution in [1.82, 2.24) is 9.88 Å². The first-order valence-corrected chi connectivity index (χ1v) is 6.43. The number of amides is 1. The van der Waals surface area contributed by atoms with Crippen LogP contribution in [0, 0.1) is 0 Å². The number of ether oxygens (including phenoxy) is 1. The third kappa shape index (κ3) is 3.04. The van der Waals surface area contributed by atoms with Crippen molar-refractivity contribution >= 4 is 21.8 Å². The molecule has 0 N–H and O–H groups in total. The van der Waals surface area contributed by atoms with Crippen LogP contribution in [-0.2, 0) is 4.74 Å². The van der Waals surface area contributed by atoms with Gasteiger partial charge in [0.2, 0.25) is 0 Å². The molecule has 1 amide bonds. The van der Waals surface area contributed by atoms with Crippen LogP contribution in [0.15, 0.2) is 22.9 Å². The van der Waals surface area contributed by atoms with Gasteiger partial charge in [0.05, 0.1) is 6.10 Å². The number of pyridine rings is 1. The lowest BCUT2D eigenvalue weighted by atomic mass is 10.1. The molecule has 0 radical (unpaired) electrons. The zero-order valence-electron chi connectivity index (χ0n) is 9.73. The maximum Gasteiger partial charge on any atom is 0.254 e. The average Bonchev–Trinajstić information content (AvgIpc) is 2.38. The van der Waals surface area contributed by atoms with Gasteiger partial charge in [-0.05, 0) is 40.9 Å². The summed E-state index contributed by atoms with van der Waals surface area (Å²) in [5.41, 5.74) is 0.670. The SMILES string of the molecule is COC1CCCN(C(=O)c2ccnc(Br)c2)C1. The molecule has 1 fully saturated rings. The summed E-state index contributed by atoms with van der Waals surface area (Å²) < 4.78 is 6.00. The zero-order chi connectivity index (χ0) is 12.3. The second-order valence-corrected chi connectivity index (χ2v) is 4.93. The van der Waals surface area contributed by atoms with Gasteiger partial charge in [-0.3, -0.25) is 4.79 Å². The Morgan fingerprint density at radius 1 is 1.65 bits per heavy atom. The number of halogens is 1. The van der Waals surface area contributed by atoms with Crippen molar-refractivity contribution in [2.75, 3.05) is 20.2 Å². The number of piperidine rings is 1. The molecule has 2 rings (SSSR count). The Labute approximate surface area is 109 Å². The summed E-state index contributed by atoms with van der Waals surface area (Å²) in [7, 11) is 1.70. The Morgan fingerprint density at radius 3 is 3.18 bits per heavy atom. The molecule has 5 heteroatoms. The van der Waals surface area contributed by atoms with Crippen molar-refractivity contribution in [3.63, 3.8) is 0 Å². The van der Waals surface area contributed by atoms with Crippen molar-refractivity contribution in [2.24, 2.45) is 0 Å². The Balaban J connectivity index is 2.09. The van der Waals surface area contributed by atoms with Gasteiger partial charge in [0.1, 0.15) is 4.60 Å². The largest absolute Gasteiger partial charge is 0.380 e. The lowest BCUT2D eigenvalue weighted by Gasteiger charge is -2.32. The molecule has 0 aromatic carbocycles. The molecule has 1 aliphatic rings. The highest BCUT2D eigenvalue weighted by molar-refractivity contribution is 9.10. The van der Waals surface area contributed by atoms with Crippen LogP contribution in [0.4, 0.5) is 0 Å². The highest BCUT2D eigenvalue weighted by Crippen LogP contribution is 2.16. The predicted octanol–water partition coefficient (Wildman–Crippen LogP) is 2.10. The molecule has 1 aliphatic heterocycles. The van der Waals surface area contributed by atoms with E-state index in [2.05, 4.69) is 20.9 Å². The topological polar surface area (TPSA) is 42.4 Å². The van der Waals surface area contributed by atoms with Gasteiger partial charge in [-0.25, -0.2) is 4.98 Å². The predicted molar refractivity (Wildman–Crippen MR) is 67.9 cm³/mol. The molecule has 1 saturated heterocycles. The summed E-state index contributed by atoms with van der Waals surface area (Å²) >= 11 is 3.27. The van der Waals surface area contributed by atoms with Gasteiger partial charge in [0.25, 0.3) is 5.91 Å². The molecule has 17 heavy (non-hydrogen) atoms. The maximum atomic E-state index is 12.2. The fourth-order valence-electron chi connectivity index (χ4n) is 2.03. The van der Waals surface area contributed by atoms with Gasteiger partial charge in [0.15, 0.2) is 0 Å². The summed E-state index contributed by atoms with van der Waals surface area (Å²) in [5.74, 6) is 0.0508. The zero-order valence-corrected chi connectivity index (χ0v) is 11.3. The molecule has 1 atom stereocenters. The molecule has 0 spiro atoms. The number of aromatic nitrogens is 1. The van der Waals surface area contributed by atoms with E-state index in [0.717, 1.165) is 19.4 Å². The first-order valence-electron chi connectivity index (χ1n) is 5.64. The van der Waals surface area contributed by atoms with E-state index < -0.39 is 0 Å². The fourth-order valence-corrected chi connectivity index (χ4v) is 2.40. The van der Waals surface area contributed by atoms with Gasteiger partial charge in [-0.1, -0.05) is 0 Å². The van der Waals surface area contributed by atoms with Gasteiger partial charge >= 0.3 is 0 Å². The highest BCUT2D eigenvalue weighted by atomic mass is 79.9. The molecule has 0 bridgehead atoms. The minimum Gasteiger partial charge on any atom is -0.380 e. The average molecular weight is 299 g/mol. The molecule has 0 aliphatic carbocycles. The summed E-state index contributed by atoms with van der Waals surface area (Å²) in [6, 6.07) is 3.49. The van der Waals surface area contributed by atoms with E-state index in [-0.39, 0.29) is 12.0 Å². The highest BCUT2D eigenvalue weighted by Gasteiger charge is 2.24. The molecular formula is C12H15BrN2O2. The van der Waals surface area contributed by atoms with Crippen molar-refractivity contribution in [2.45, 2.75) is 18.9 Å². The molecule has 1 aromatic rings. The van der Waals surface area contributed by atoms with Gasteiger partial charge in [-0.15, -0.1) is 0 Å². The number of carbonyl (C=O) groups excluding carboxylic acids is 1. The summed E-state index contributed by atoms with van der Waals surface area (Å²) in [5, 5.41) is 0. The first kappa shape index (κ1) is 12.5. The summed E-state index contributed by atoms with van der Waals surface area (Å²) in [4.78, 5) is 18.1. The van der Waals surface area contributed by atoms with Gasteiger partial charge < -0.3 is 9.64 Å². The van der Waals surface area contributed by atoms with Crippen LogP contribution < -0.4 is 0 Å². The van der Waals surface area contributed by atoms with E-state index in [0.29, 0.717) is 16.7 Å². The Bertz CT molecular complexity index is 411. The van der Waals surface area contributed by atoms with Crippen LogP contribution in [0.3, 0.4) is 0 Å². The number of hydrogen-bond acceptors (Lipinski definition) is 3. The molecule has 0 saturated carbocycles. The minimum absolute atomic E-state index is 0.0508. The molecule has 2 heterocycles. The van der Waals surface area contributed by atoms with Crippen molar-refractivity contribution in [1.29, 1.82) is 0 Å². The number of rotatable bonds is 2. The van der Waals surface area contributed by atoms with Crippen molar-refractivity contribution in [3.05, 3.63) is 28.5 Å². The third-order valence-electron chi connectivity index (χ3n) is 2.97. The molecular weight excluding hydrogens is 284 g/mol. The quantitative estimate of drug-likeness (QED) is 0.785. The lowest BCUT2D eigenvalue weighted by Crippen LogP contribution is -2.42. The Hall–Kier alpha value is -0.940. The van der Waals surface area contributed by atoms with Gasteiger partial charge in [0, 0.05) is 32.0 Å². The number of hydrogen-bond donors (Lipinski definition) is 0. The van der Waals surface area contributed by atoms with Crippen LogP contribution in [-0.4, -0.2) is 42.1 Å². The van der Waals surface area contributed by atoms with Crippen molar-refractivity contribution < 1.29 is 9.53 Å². The second-order valence-electron chi connectivity index (χ2n) is 4.12. The first-order chi connectivity index (χ1) is 8.20. The second kappa shape index (κ2) is 5.60. The van der Waals surface area contributed by atoms with Crippen LogP contribution in [0.1, 0.15) is 23.2 Å². The van der Waals surface area contributed by atoms with Crippen LogP contribution in [0.2, 0.25) is 0 Å². The summed E-state index contributed by atoms with van der Waals surface area (Å²) in [6.45, 7) is 1.48. The Morgan fingerprint density at radius 2 is 2.47 bits per heavy atom. The van der Waals surface area contributed by atoms with Crippen molar-refractivity contribution in [3.8, 4) is 0 Å². The van der Waals surface area contributed by atoms with Crippen LogP contribution >= 0.6 is 15.9 Å². The fraction of sp³-hybridized carbons (Fsp3) is 0.500. The molecule has 1 aromatic heterocycles. The smallest absolute Gasteiger partial charge is 0.254 e. The molecule has 4 nitrogen and oxygen atoms in total. The van der Waals surface area contributed by atoms with Crippen LogP contribution in [0.25, 0.3) is 0 Å². The lowest BCUT2D eigenvalue weighted by molar-refractivity contribution is 0.0269. The number of nitrogens with zero attached hydrogens (tertiary/aromatic N) is 2. The molecule has 92 valence electrons. The van der Waals surface area contributed by atoms with E-state index in [1.165, 1.54) is 0 Å². The maximum absolute atomic E-state index is 12.2.